The van der Waals surface area contributed by atoms with Crippen LogP contribution < -0.4 is 11.1 Å². The maximum absolute atomic E-state index is 6.20. The van der Waals surface area contributed by atoms with Gasteiger partial charge in [-0.15, -0.1) is 11.3 Å². The van der Waals surface area contributed by atoms with Gasteiger partial charge in [-0.3, -0.25) is 0 Å². The first-order valence-corrected chi connectivity index (χ1v) is 7.32. The highest BCUT2D eigenvalue weighted by Gasteiger charge is 2.14. The molecule has 1 aromatic heterocycles. The molecule has 0 bridgehead atoms. The lowest BCUT2D eigenvalue weighted by Gasteiger charge is -2.20. The van der Waals surface area contributed by atoms with Crippen LogP contribution in [0.1, 0.15) is 30.7 Å². The van der Waals surface area contributed by atoms with Crippen molar-refractivity contribution in [2.45, 2.75) is 25.8 Å². The second-order valence-corrected chi connectivity index (χ2v) is 5.59. The van der Waals surface area contributed by atoms with Gasteiger partial charge in [0, 0.05) is 4.88 Å². The summed E-state index contributed by atoms with van der Waals surface area (Å²) in [5.41, 5.74) is 7.51. The quantitative estimate of drug-likeness (QED) is 0.762. The lowest BCUT2D eigenvalue weighted by molar-refractivity contribution is 0.688. The summed E-state index contributed by atoms with van der Waals surface area (Å²) in [5, 5.41) is 6.24. The zero-order chi connectivity index (χ0) is 13.0. The number of para-hydroxylation sites is 1. The summed E-state index contributed by atoms with van der Waals surface area (Å²) in [6, 6.07) is 10.1. The van der Waals surface area contributed by atoms with Crippen LogP contribution in [0, 0.1) is 0 Å². The van der Waals surface area contributed by atoms with E-state index < -0.39 is 0 Å². The average Bonchev–Trinajstić information content (AvgIpc) is 2.86. The van der Waals surface area contributed by atoms with E-state index in [1.807, 2.05) is 18.2 Å². The Morgan fingerprint density at radius 3 is 2.78 bits per heavy atom. The van der Waals surface area contributed by atoms with Crippen molar-refractivity contribution >= 4 is 34.3 Å². The van der Waals surface area contributed by atoms with Gasteiger partial charge in [0.25, 0.3) is 0 Å². The molecule has 3 N–H and O–H groups in total. The predicted molar refractivity (Wildman–Crippen MR) is 81.5 cm³/mol. The second kappa shape index (κ2) is 6.12. The third-order valence-electron chi connectivity index (χ3n) is 2.83. The molecule has 1 unspecified atom stereocenters. The van der Waals surface area contributed by atoms with Gasteiger partial charge in [0.15, 0.2) is 0 Å². The van der Waals surface area contributed by atoms with Gasteiger partial charge >= 0.3 is 0 Å². The number of nitrogen functional groups attached to an aromatic ring is 1. The number of thiophene rings is 1. The van der Waals surface area contributed by atoms with Crippen LogP contribution in [-0.4, -0.2) is 0 Å². The van der Waals surface area contributed by atoms with E-state index in [0.29, 0.717) is 10.7 Å². The van der Waals surface area contributed by atoms with Gasteiger partial charge in [-0.25, -0.2) is 0 Å². The van der Waals surface area contributed by atoms with Crippen molar-refractivity contribution in [1.82, 2.24) is 0 Å². The van der Waals surface area contributed by atoms with Crippen molar-refractivity contribution in [3.8, 4) is 0 Å². The molecular weight excluding hydrogens is 264 g/mol. The molecule has 96 valence electrons. The van der Waals surface area contributed by atoms with Gasteiger partial charge in [-0.2, -0.15) is 0 Å². The third-order valence-corrected chi connectivity index (χ3v) is 4.13. The summed E-state index contributed by atoms with van der Waals surface area (Å²) in [4.78, 5) is 1.32. The zero-order valence-corrected chi connectivity index (χ0v) is 11.9. The minimum absolute atomic E-state index is 0.275. The van der Waals surface area contributed by atoms with E-state index in [2.05, 4.69) is 29.8 Å². The number of hydrogen-bond donors (Lipinski definition) is 2. The van der Waals surface area contributed by atoms with Gasteiger partial charge in [0.1, 0.15) is 0 Å². The van der Waals surface area contributed by atoms with Crippen LogP contribution in [0.3, 0.4) is 0 Å². The molecule has 4 heteroatoms. The second-order valence-electron chi connectivity index (χ2n) is 4.21. The summed E-state index contributed by atoms with van der Waals surface area (Å²) in [6.07, 6.45) is 2.17. The molecule has 0 radical (unpaired) electrons. The number of anilines is 2. The summed E-state index contributed by atoms with van der Waals surface area (Å²) >= 11 is 7.95. The maximum Gasteiger partial charge on any atom is 0.0768 e. The maximum atomic E-state index is 6.20. The highest BCUT2D eigenvalue weighted by Crippen LogP contribution is 2.34. The molecule has 1 atom stereocenters. The number of nitrogens with two attached hydrogens (primary N) is 1. The molecule has 0 aliphatic rings. The fourth-order valence-corrected chi connectivity index (χ4v) is 2.98. The fraction of sp³-hybridized carbons (Fsp3) is 0.286. The largest absolute Gasteiger partial charge is 0.397 e. The molecular formula is C14H17ClN2S. The van der Waals surface area contributed by atoms with Crippen molar-refractivity contribution in [3.05, 3.63) is 45.6 Å². The van der Waals surface area contributed by atoms with E-state index in [-0.39, 0.29) is 6.04 Å². The summed E-state index contributed by atoms with van der Waals surface area (Å²) in [5.74, 6) is 0. The van der Waals surface area contributed by atoms with Crippen LogP contribution in [0.2, 0.25) is 5.02 Å². The molecule has 2 aromatic rings. The Balaban J connectivity index is 2.24. The topological polar surface area (TPSA) is 38.0 Å². The minimum Gasteiger partial charge on any atom is -0.397 e. The molecule has 1 aromatic carbocycles. The van der Waals surface area contributed by atoms with E-state index in [9.17, 15) is 0 Å². The van der Waals surface area contributed by atoms with Crippen molar-refractivity contribution < 1.29 is 0 Å². The lowest BCUT2D eigenvalue weighted by atomic mass is 10.1. The molecule has 0 saturated heterocycles. The van der Waals surface area contributed by atoms with Gasteiger partial charge in [-0.05, 0) is 30.0 Å². The lowest BCUT2D eigenvalue weighted by Crippen LogP contribution is -2.11. The molecule has 2 rings (SSSR count). The smallest absolute Gasteiger partial charge is 0.0768 e. The molecule has 18 heavy (non-hydrogen) atoms. The Labute approximate surface area is 117 Å². The Hall–Kier alpha value is -1.19. The van der Waals surface area contributed by atoms with Crippen LogP contribution in [-0.2, 0) is 0 Å². The molecule has 0 saturated carbocycles. The van der Waals surface area contributed by atoms with Crippen molar-refractivity contribution in [3.63, 3.8) is 0 Å². The van der Waals surface area contributed by atoms with Crippen molar-refractivity contribution in [1.29, 1.82) is 0 Å². The summed E-state index contributed by atoms with van der Waals surface area (Å²) < 4.78 is 0. The Kier molecular flexibility index (Phi) is 4.50. The monoisotopic (exact) mass is 280 g/mol. The average molecular weight is 281 g/mol. The third kappa shape index (κ3) is 2.98. The van der Waals surface area contributed by atoms with Crippen LogP contribution in [0.25, 0.3) is 0 Å². The highest BCUT2D eigenvalue weighted by atomic mass is 35.5. The number of benzene rings is 1. The summed E-state index contributed by atoms with van der Waals surface area (Å²) in [7, 11) is 0. The van der Waals surface area contributed by atoms with Crippen LogP contribution in [0.5, 0.6) is 0 Å². The normalized spacial score (nSPS) is 12.3. The molecule has 0 amide bonds. The molecule has 0 aliphatic heterocycles. The molecule has 0 fully saturated rings. The van der Waals surface area contributed by atoms with Gasteiger partial charge < -0.3 is 11.1 Å². The molecule has 2 nitrogen and oxygen atoms in total. The molecule has 1 heterocycles. The number of nitrogens with one attached hydrogen (secondary N) is 1. The van der Waals surface area contributed by atoms with Crippen LogP contribution in [0.15, 0.2) is 35.7 Å². The van der Waals surface area contributed by atoms with Crippen LogP contribution >= 0.6 is 22.9 Å². The standard InChI is InChI=1S/C14H17ClN2S/c1-2-5-12(13-8-4-9-18-13)17-14-10(15)6-3-7-11(14)16/h3-4,6-9,12,17H,2,5,16H2,1H3. The Morgan fingerprint density at radius 2 is 2.17 bits per heavy atom. The first-order valence-electron chi connectivity index (χ1n) is 6.06. The number of hydrogen-bond acceptors (Lipinski definition) is 3. The molecule has 0 spiro atoms. The fourth-order valence-electron chi connectivity index (χ4n) is 1.93. The van der Waals surface area contributed by atoms with Crippen molar-refractivity contribution in [2.75, 3.05) is 11.1 Å². The predicted octanol–water partition coefficient (Wildman–Crippen LogP) is 4.94. The highest BCUT2D eigenvalue weighted by molar-refractivity contribution is 7.10. The van der Waals surface area contributed by atoms with Gasteiger partial charge in [-0.1, -0.05) is 37.1 Å². The molecule has 0 aliphatic carbocycles. The Bertz CT molecular complexity index is 476. The van der Waals surface area contributed by atoms with E-state index in [1.54, 1.807) is 11.3 Å². The summed E-state index contributed by atoms with van der Waals surface area (Å²) in [6.45, 7) is 2.18. The number of rotatable bonds is 5. The van der Waals surface area contributed by atoms with Crippen molar-refractivity contribution in [2.24, 2.45) is 0 Å². The first-order chi connectivity index (χ1) is 8.72. The SMILES string of the molecule is CCCC(Nc1c(N)cccc1Cl)c1cccs1. The van der Waals surface area contributed by atoms with Gasteiger partial charge in [0.2, 0.25) is 0 Å². The van der Waals surface area contributed by atoms with E-state index in [1.165, 1.54) is 4.88 Å². The van der Waals surface area contributed by atoms with Crippen LogP contribution in [0.4, 0.5) is 11.4 Å². The van der Waals surface area contributed by atoms with E-state index >= 15 is 0 Å². The van der Waals surface area contributed by atoms with E-state index in [4.69, 9.17) is 17.3 Å². The first kappa shape index (κ1) is 13.2. The zero-order valence-electron chi connectivity index (χ0n) is 10.3. The minimum atomic E-state index is 0.275. The number of halogens is 1. The Morgan fingerprint density at radius 1 is 1.33 bits per heavy atom. The van der Waals surface area contributed by atoms with Gasteiger partial charge in [0.05, 0.1) is 22.4 Å². The van der Waals surface area contributed by atoms with E-state index in [0.717, 1.165) is 18.5 Å².